The maximum absolute atomic E-state index is 13.1. The fourth-order valence-electron chi connectivity index (χ4n) is 3.77. The van der Waals surface area contributed by atoms with Crippen LogP contribution in [0.3, 0.4) is 0 Å². The summed E-state index contributed by atoms with van der Waals surface area (Å²) in [6.45, 7) is 4.01. The zero-order valence-electron chi connectivity index (χ0n) is 19.3. The molecule has 3 aromatic rings. The van der Waals surface area contributed by atoms with E-state index in [1.807, 2.05) is 32.3 Å². The third-order valence-electron chi connectivity index (χ3n) is 5.78. The molecule has 1 aromatic heterocycles. The Kier molecular flexibility index (Phi) is 7.58. The van der Waals surface area contributed by atoms with Gasteiger partial charge in [-0.25, -0.2) is 4.68 Å². The smallest absolute Gasteiger partial charge is 0.354 e. The molecule has 33 heavy (non-hydrogen) atoms. The summed E-state index contributed by atoms with van der Waals surface area (Å²) in [5.41, 5.74) is 2.76. The van der Waals surface area contributed by atoms with Crippen LogP contribution in [0.25, 0.3) is 5.69 Å². The van der Waals surface area contributed by atoms with Gasteiger partial charge in [0.1, 0.15) is 0 Å². The highest BCUT2D eigenvalue weighted by atomic mass is 19.4. The first kappa shape index (κ1) is 24.5. The fourth-order valence-corrected chi connectivity index (χ4v) is 3.77. The molecule has 0 aliphatic heterocycles. The molecule has 1 heterocycles. The van der Waals surface area contributed by atoms with Crippen molar-refractivity contribution < 1.29 is 18.0 Å². The van der Waals surface area contributed by atoms with Gasteiger partial charge in [-0.1, -0.05) is 36.4 Å². The van der Waals surface area contributed by atoms with Crippen molar-refractivity contribution in [2.75, 3.05) is 20.6 Å². The van der Waals surface area contributed by atoms with Crippen LogP contribution in [0.15, 0.2) is 54.6 Å². The van der Waals surface area contributed by atoms with Gasteiger partial charge in [0.15, 0.2) is 0 Å². The lowest BCUT2D eigenvalue weighted by Crippen LogP contribution is -2.42. The number of benzene rings is 2. The van der Waals surface area contributed by atoms with Gasteiger partial charge in [-0.2, -0.15) is 18.3 Å². The molecule has 1 amide bonds. The van der Waals surface area contributed by atoms with E-state index in [4.69, 9.17) is 0 Å². The Bertz CT molecular complexity index is 1090. The average Bonchev–Trinajstić information content (AvgIpc) is 3.05. The molecule has 2 aromatic carbocycles. The summed E-state index contributed by atoms with van der Waals surface area (Å²) < 4.78 is 40.8. The number of halogens is 3. The number of likely N-dealkylation sites (N-methyl/N-ethyl adjacent to an activating group) is 1. The highest BCUT2D eigenvalue weighted by molar-refractivity contribution is 5.79. The first-order chi connectivity index (χ1) is 15.6. The molecule has 3 rings (SSSR count). The van der Waals surface area contributed by atoms with E-state index in [1.54, 1.807) is 19.9 Å². The monoisotopic (exact) mass is 458 g/mol. The minimum atomic E-state index is -4.43. The van der Waals surface area contributed by atoms with Crippen LogP contribution >= 0.6 is 0 Å². The van der Waals surface area contributed by atoms with Crippen molar-refractivity contribution in [2.24, 2.45) is 0 Å². The van der Waals surface area contributed by atoms with E-state index < -0.39 is 11.7 Å². The van der Waals surface area contributed by atoms with Gasteiger partial charge in [0, 0.05) is 23.8 Å². The Balaban J connectivity index is 1.70. The normalized spacial score (nSPS) is 12.7. The number of nitrogens with zero attached hydrogens (tertiary/aromatic N) is 3. The second-order valence-electron chi connectivity index (χ2n) is 8.40. The number of carbonyl (C=O) groups is 1. The molecule has 0 radical (unpaired) electrons. The minimum absolute atomic E-state index is 0.113. The van der Waals surface area contributed by atoms with E-state index in [2.05, 4.69) is 27.4 Å². The molecular weight excluding hydrogens is 429 g/mol. The summed E-state index contributed by atoms with van der Waals surface area (Å²) >= 11 is 0. The summed E-state index contributed by atoms with van der Waals surface area (Å²) in [6.07, 6.45) is -3.51. The lowest BCUT2D eigenvalue weighted by molar-refractivity contribution is -0.137. The molecule has 1 atom stereocenters. The number of alkyl halides is 3. The van der Waals surface area contributed by atoms with Gasteiger partial charge >= 0.3 is 6.18 Å². The van der Waals surface area contributed by atoms with Crippen LogP contribution < -0.4 is 5.32 Å². The SMILES string of the molecule is Cc1nn(-c2cccc(C(F)(F)F)c2)c(C)c1CC(=O)NCC(Cc1ccccc1)N(C)C. The number of hydrogen-bond donors (Lipinski definition) is 1. The van der Waals surface area contributed by atoms with Crippen molar-refractivity contribution in [1.82, 2.24) is 20.0 Å². The molecule has 5 nitrogen and oxygen atoms in total. The fraction of sp³-hybridized carbons (Fsp3) is 0.360. The molecule has 0 aliphatic rings. The van der Waals surface area contributed by atoms with Crippen LogP contribution in [-0.2, 0) is 23.8 Å². The van der Waals surface area contributed by atoms with Gasteiger partial charge in [-0.3, -0.25) is 4.79 Å². The van der Waals surface area contributed by atoms with E-state index in [1.165, 1.54) is 16.3 Å². The van der Waals surface area contributed by atoms with Gasteiger partial charge in [0.05, 0.1) is 23.4 Å². The number of carbonyl (C=O) groups excluding carboxylic acids is 1. The van der Waals surface area contributed by atoms with Crippen LogP contribution in [0.1, 0.15) is 28.1 Å². The summed E-state index contributed by atoms with van der Waals surface area (Å²) in [5, 5.41) is 7.40. The molecule has 1 unspecified atom stereocenters. The summed E-state index contributed by atoms with van der Waals surface area (Å²) in [4.78, 5) is 14.8. The lowest BCUT2D eigenvalue weighted by Gasteiger charge is -2.25. The third kappa shape index (κ3) is 6.22. The van der Waals surface area contributed by atoms with E-state index in [0.29, 0.717) is 23.6 Å². The van der Waals surface area contributed by atoms with Crippen LogP contribution in [0, 0.1) is 13.8 Å². The molecule has 0 saturated carbocycles. The van der Waals surface area contributed by atoms with E-state index in [-0.39, 0.29) is 18.4 Å². The first-order valence-corrected chi connectivity index (χ1v) is 10.8. The topological polar surface area (TPSA) is 50.2 Å². The maximum atomic E-state index is 13.1. The van der Waals surface area contributed by atoms with Crippen molar-refractivity contribution in [3.05, 3.63) is 82.7 Å². The number of nitrogens with one attached hydrogen (secondary N) is 1. The predicted octanol–water partition coefficient (Wildman–Crippen LogP) is 4.34. The number of hydrogen-bond acceptors (Lipinski definition) is 3. The van der Waals surface area contributed by atoms with Crippen molar-refractivity contribution >= 4 is 5.91 Å². The van der Waals surface area contributed by atoms with Crippen molar-refractivity contribution in [3.63, 3.8) is 0 Å². The Labute approximate surface area is 192 Å². The first-order valence-electron chi connectivity index (χ1n) is 10.8. The Morgan fingerprint density at radius 2 is 1.79 bits per heavy atom. The van der Waals surface area contributed by atoms with Gasteiger partial charge in [0.2, 0.25) is 5.91 Å². The standard InChI is InChI=1S/C25H29F3N4O/c1-17-23(18(2)32(30-17)21-12-8-11-20(14-21)25(26,27)28)15-24(33)29-16-22(31(3)4)13-19-9-6-5-7-10-19/h5-12,14,22H,13,15-16H2,1-4H3,(H,29,33). The molecule has 0 bridgehead atoms. The second kappa shape index (κ2) is 10.2. The highest BCUT2D eigenvalue weighted by Crippen LogP contribution is 2.31. The van der Waals surface area contributed by atoms with Gasteiger partial charge < -0.3 is 10.2 Å². The Morgan fingerprint density at radius 3 is 2.42 bits per heavy atom. The van der Waals surface area contributed by atoms with E-state index in [9.17, 15) is 18.0 Å². The maximum Gasteiger partial charge on any atom is 0.416 e. The molecule has 1 N–H and O–H groups in total. The van der Waals surface area contributed by atoms with E-state index >= 15 is 0 Å². The summed E-state index contributed by atoms with van der Waals surface area (Å²) in [7, 11) is 3.96. The van der Waals surface area contributed by atoms with Crippen LogP contribution in [-0.4, -0.2) is 47.3 Å². The number of rotatable bonds is 8. The molecule has 8 heteroatoms. The van der Waals surface area contributed by atoms with Crippen molar-refractivity contribution in [1.29, 1.82) is 0 Å². The van der Waals surface area contributed by atoms with Crippen LogP contribution in [0.4, 0.5) is 13.2 Å². The molecule has 0 aliphatic carbocycles. The number of amides is 1. The number of aryl methyl sites for hydroxylation is 1. The molecule has 176 valence electrons. The summed E-state index contributed by atoms with van der Waals surface area (Å²) in [6, 6.07) is 15.2. The average molecular weight is 459 g/mol. The summed E-state index contributed by atoms with van der Waals surface area (Å²) in [5.74, 6) is -0.148. The van der Waals surface area contributed by atoms with Crippen molar-refractivity contribution in [3.8, 4) is 5.69 Å². The largest absolute Gasteiger partial charge is 0.416 e. The lowest BCUT2D eigenvalue weighted by atomic mass is 10.0. The number of aromatic nitrogens is 2. The second-order valence-corrected chi connectivity index (χ2v) is 8.40. The van der Waals surface area contributed by atoms with Gasteiger partial charge in [-0.05, 0) is 58.1 Å². The van der Waals surface area contributed by atoms with Crippen LogP contribution in [0.2, 0.25) is 0 Å². The Hall–Kier alpha value is -3.13. The quantitative estimate of drug-likeness (QED) is 0.546. The van der Waals surface area contributed by atoms with Crippen LogP contribution in [0.5, 0.6) is 0 Å². The zero-order chi connectivity index (χ0) is 24.2. The Morgan fingerprint density at radius 1 is 1.09 bits per heavy atom. The molecule has 0 spiro atoms. The minimum Gasteiger partial charge on any atom is -0.354 e. The van der Waals surface area contributed by atoms with E-state index in [0.717, 1.165) is 24.1 Å². The molecule has 0 saturated heterocycles. The molecule has 0 fully saturated rings. The molecular formula is C25H29F3N4O. The highest BCUT2D eigenvalue weighted by Gasteiger charge is 2.31. The van der Waals surface area contributed by atoms with Gasteiger partial charge in [-0.15, -0.1) is 0 Å². The van der Waals surface area contributed by atoms with Crippen molar-refractivity contribution in [2.45, 2.75) is 38.9 Å². The third-order valence-corrected chi connectivity index (χ3v) is 5.78. The zero-order valence-corrected chi connectivity index (χ0v) is 19.3. The predicted molar refractivity (Wildman–Crippen MR) is 122 cm³/mol. The van der Waals surface area contributed by atoms with Gasteiger partial charge in [0.25, 0.3) is 0 Å².